The third-order valence-corrected chi connectivity index (χ3v) is 4.61. The molecule has 1 aliphatic rings. The summed E-state index contributed by atoms with van der Waals surface area (Å²) in [6.07, 6.45) is 0.438. The molecule has 2 N–H and O–H groups in total. The molecule has 1 amide bonds. The maximum Gasteiger partial charge on any atom is 0.231 e. The highest BCUT2D eigenvalue weighted by atomic mass is 35.5. The van der Waals surface area contributed by atoms with Gasteiger partial charge in [0.15, 0.2) is 0 Å². The number of likely N-dealkylation sites (N-methyl/N-ethyl adjacent to an activating group) is 1. The number of hydrogen-bond acceptors (Lipinski definition) is 2. The molecule has 0 aromatic heterocycles. The number of carbonyl (C=O) groups excluding carboxylic acids is 1. The molecule has 0 bridgehead atoms. The largest absolute Gasteiger partial charge is 0.320 e. The number of nitrogens with two attached hydrogens (primary N) is 1. The summed E-state index contributed by atoms with van der Waals surface area (Å²) in [4.78, 5) is 13.4. The summed E-state index contributed by atoms with van der Waals surface area (Å²) in [6.45, 7) is 1.97. The molecule has 1 atom stereocenters. The van der Waals surface area contributed by atoms with Crippen LogP contribution in [0.15, 0.2) is 36.4 Å². The van der Waals surface area contributed by atoms with Crippen molar-refractivity contribution in [3.05, 3.63) is 63.7 Å². The van der Waals surface area contributed by atoms with Crippen LogP contribution in [-0.4, -0.2) is 13.0 Å². The van der Waals surface area contributed by atoms with E-state index in [1.165, 1.54) is 0 Å². The highest BCUT2D eigenvalue weighted by molar-refractivity contribution is 6.32. The Bertz CT molecular complexity index is 727. The van der Waals surface area contributed by atoms with Gasteiger partial charge in [-0.15, -0.1) is 0 Å². The van der Waals surface area contributed by atoms with Crippen molar-refractivity contribution in [2.75, 3.05) is 11.9 Å². The molecule has 0 fully saturated rings. The number of rotatable bonds is 2. The topological polar surface area (TPSA) is 46.3 Å². The molecule has 3 rings (SSSR count). The number of halogens is 1. The molecule has 0 aliphatic carbocycles. The van der Waals surface area contributed by atoms with Crippen LogP contribution in [0.4, 0.5) is 5.69 Å². The van der Waals surface area contributed by atoms with Crippen LogP contribution in [0.5, 0.6) is 0 Å². The first-order valence-electron chi connectivity index (χ1n) is 6.89. The Kier molecular flexibility index (Phi) is 3.47. The van der Waals surface area contributed by atoms with E-state index in [1.54, 1.807) is 11.9 Å². The summed E-state index contributed by atoms with van der Waals surface area (Å²) in [5.74, 6) is 0.115. The number of fused-ring (bicyclic) bond motifs is 1. The number of benzene rings is 2. The molecule has 1 heterocycles. The van der Waals surface area contributed by atoms with Crippen molar-refractivity contribution in [3.63, 3.8) is 0 Å². The van der Waals surface area contributed by atoms with E-state index in [1.807, 2.05) is 43.3 Å². The Labute approximate surface area is 129 Å². The van der Waals surface area contributed by atoms with Crippen LogP contribution in [0, 0.1) is 6.92 Å². The molecule has 0 saturated heterocycles. The second-order valence-electron chi connectivity index (χ2n) is 5.47. The molecule has 1 aliphatic heterocycles. The maximum absolute atomic E-state index is 11.8. The molecular weight excluding hydrogens is 284 g/mol. The van der Waals surface area contributed by atoms with E-state index in [0.717, 1.165) is 27.9 Å². The molecule has 21 heavy (non-hydrogen) atoms. The number of nitrogens with zero attached hydrogens (tertiary/aromatic N) is 1. The number of hydrogen-bond donors (Lipinski definition) is 1. The van der Waals surface area contributed by atoms with Gasteiger partial charge in [0.25, 0.3) is 0 Å². The van der Waals surface area contributed by atoms with E-state index in [9.17, 15) is 4.79 Å². The summed E-state index contributed by atoms with van der Waals surface area (Å²) < 4.78 is 0. The zero-order chi connectivity index (χ0) is 15.1. The maximum atomic E-state index is 11.8. The first kappa shape index (κ1) is 14.1. The summed E-state index contributed by atoms with van der Waals surface area (Å²) in [5.41, 5.74) is 11.3. The van der Waals surface area contributed by atoms with Crippen molar-refractivity contribution >= 4 is 23.2 Å². The lowest BCUT2D eigenvalue weighted by Gasteiger charge is -2.17. The smallest absolute Gasteiger partial charge is 0.231 e. The SMILES string of the molecule is Cc1cccc(C(N)c2ccc3c(c2)CC(=O)N3C)c1Cl. The van der Waals surface area contributed by atoms with Crippen LogP contribution < -0.4 is 10.6 Å². The minimum atomic E-state index is -0.288. The van der Waals surface area contributed by atoms with Crippen LogP contribution in [0.2, 0.25) is 5.02 Å². The molecule has 108 valence electrons. The quantitative estimate of drug-likeness (QED) is 0.925. The normalized spacial score (nSPS) is 15.2. The van der Waals surface area contributed by atoms with E-state index < -0.39 is 0 Å². The summed E-state index contributed by atoms with van der Waals surface area (Å²) in [5, 5.41) is 0.707. The summed E-state index contributed by atoms with van der Waals surface area (Å²) in [7, 11) is 1.80. The fraction of sp³-hybridized carbons (Fsp3) is 0.235. The Hall–Kier alpha value is -1.84. The fourth-order valence-electron chi connectivity index (χ4n) is 2.77. The number of carbonyl (C=O) groups is 1. The van der Waals surface area contributed by atoms with Crippen LogP contribution in [0.3, 0.4) is 0 Å². The molecule has 3 nitrogen and oxygen atoms in total. The zero-order valence-corrected chi connectivity index (χ0v) is 12.8. The number of anilines is 1. The monoisotopic (exact) mass is 300 g/mol. The average molecular weight is 301 g/mol. The van der Waals surface area contributed by atoms with Crippen LogP contribution in [-0.2, 0) is 11.2 Å². The van der Waals surface area contributed by atoms with Crippen LogP contribution in [0.25, 0.3) is 0 Å². The highest BCUT2D eigenvalue weighted by Gasteiger charge is 2.25. The predicted molar refractivity (Wildman–Crippen MR) is 85.8 cm³/mol. The first-order chi connectivity index (χ1) is 9.99. The average Bonchev–Trinajstić information content (AvgIpc) is 2.76. The highest BCUT2D eigenvalue weighted by Crippen LogP contribution is 2.33. The van der Waals surface area contributed by atoms with E-state index in [4.69, 9.17) is 17.3 Å². The first-order valence-corrected chi connectivity index (χ1v) is 7.27. The molecular formula is C17H17ClN2O. The van der Waals surface area contributed by atoms with Crippen molar-refractivity contribution in [1.82, 2.24) is 0 Å². The zero-order valence-electron chi connectivity index (χ0n) is 12.1. The summed E-state index contributed by atoms with van der Waals surface area (Å²) in [6, 6.07) is 11.5. The van der Waals surface area contributed by atoms with Crippen LogP contribution >= 0.6 is 11.6 Å². The molecule has 0 saturated carbocycles. The third-order valence-electron chi connectivity index (χ3n) is 4.10. The fourth-order valence-corrected chi connectivity index (χ4v) is 3.02. The molecule has 0 radical (unpaired) electrons. The predicted octanol–water partition coefficient (Wildman–Crippen LogP) is 3.22. The van der Waals surface area contributed by atoms with Gasteiger partial charge < -0.3 is 10.6 Å². The van der Waals surface area contributed by atoms with E-state index in [2.05, 4.69) is 0 Å². The van der Waals surface area contributed by atoms with Gasteiger partial charge in [0.2, 0.25) is 5.91 Å². The van der Waals surface area contributed by atoms with E-state index in [-0.39, 0.29) is 11.9 Å². The van der Waals surface area contributed by atoms with Crippen LogP contribution in [0.1, 0.15) is 28.3 Å². The van der Waals surface area contributed by atoms with Gasteiger partial charge in [-0.25, -0.2) is 0 Å². The van der Waals surface area contributed by atoms with Crippen molar-refractivity contribution in [2.24, 2.45) is 5.73 Å². The van der Waals surface area contributed by atoms with Gasteiger partial charge in [-0.05, 0) is 35.2 Å². The lowest BCUT2D eigenvalue weighted by atomic mass is 9.96. The van der Waals surface area contributed by atoms with Gasteiger partial charge in [0, 0.05) is 17.8 Å². The molecule has 2 aromatic rings. The minimum absolute atomic E-state index is 0.115. The lowest BCUT2D eigenvalue weighted by Crippen LogP contribution is -2.20. The standard InChI is InChI=1S/C17H17ClN2O/c1-10-4-3-5-13(16(10)18)17(19)11-6-7-14-12(8-11)9-15(21)20(14)2/h3-8,17H,9,19H2,1-2H3. The van der Waals surface area contributed by atoms with Gasteiger partial charge in [-0.2, -0.15) is 0 Å². The molecule has 4 heteroatoms. The second kappa shape index (κ2) is 5.17. The van der Waals surface area contributed by atoms with Crippen molar-refractivity contribution in [3.8, 4) is 0 Å². The van der Waals surface area contributed by atoms with Gasteiger partial charge in [0.1, 0.15) is 0 Å². The van der Waals surface area contributed by atoms with Crippen molar-refractivity contribution < 1.29 is 4.79 Å². The third kappa shape index (κ3) is 2.33. The number of aryl methyl sites for hydroxylation is 1. The number of amides is 1. The Morgan fingerprint density at radius 2 is 2.05 bits per heavy atom. The molecule has 2 aromatic carbocycles. The summed E-state index contributed by atoms with van der Waals surface area (Å²) >= 11 is 6.36. The van der Waals surface area contributed by atoms with Crippen molar-refractivity contribution in [1.29, 1.82) is 0 Å². The minimum Gasteiger partial charge on any atom is -0.320 e. The van der Waals surface area contributed by atoms with E-state index >= 15 is 0 Å². The molecule has 0 spiro atoms. The lowest BCUT2D eigenvalue weighted by molar-refractivity contribution is -0.117. The van der Waals surface area contributed by atoms with Gasteiger partial charge in [0.05, 0.1) is 12.5 Å². The van der Waals surface area contributed by atoms with Gasteiger partial charge >= 0.3 is 0 Å². The Morgan fingerprint density at radius 3 is 2.81 bits per heavy atom. The Morgan fingerprint density at radius 1 is 1.29 bits per heavy atom. The molecule has 1 unspecified atom stereocenters. The van der Waals surface area contributed by atoms with Crippen molar-refractivity contribution in [2.45, 2.75) is 19.4 Å². The van der Waals surface area contributed by atoms with E-state index in [0.29, 0.717) is 11.4 Å². The van der Waals surface area contributed by atoms with Gasteiger partial charge in [-0.3, -0.25) is 4.79 Å². The Balaban J connectivity index is 2.00. The van der Waals surface area contributed by atoms with Gasteiger partial charge in [-0.1, -0.05) is 41.9 Å². The second-order valence-corrected chi connectivity index (χ2v) is 5.85.